The van der Waals surface area contributed by atoms with Gasteiger partial charge in [0.05, 0.1) is 29.1 Å². The van der Waals surface area contributed by atoms with Gasteiger partial charge >= 0.3 is 5.97 Å². The Morgan fingerprint density at radius 3 is 2.78 bits per heavy atom. The van der Waals surface area contributed by atoms with E-state index < -0.39 is 5.97 Å². The average Bonchev–Trinajstić information content (AvgIpc) is 2.69. The zero-order valence-corrected chi connectivity index (χ0v) is 10.7. The van der Waals surface area contributed by atoms with Gasteiger partial charge in [-0.3, -0.25) is 0 Å². The molecule has 0 bridgehead atoms. The van der Waals surface area contributed by atoms with Crippen LogP contribution in [0, 0.1) is 6.92 Å². The summed E-state index contributed by atoms with van der Waals surface area (Å²) in [5.74, 6) is -0.482. The van der Waals surface area contributed by atoms with E-state index in [9.17, 15) is 4.79 Å². The number of anilines is 1. The van der Waals surface area contributed by atoms with Gasteiger partial charge in [-0.1, -0.05) is 11.6 Å². The summed E-state index contributed by atoms with van der Waals surface area (Å²) < 4.78 is 6.25. The summed E-state index contributed by atoms with van der Waals surface area (Å²) in [4.78, 5) is 11.5. The van der Waals surface area contributed by atoms with E-state index in [1.54, 1.807) is 36.0 Å². The Bertz CT molecular complexity index is 588. The second kappa shape index (κ2) is 4.70. The number of carbonyl (C=O) groups excluding carboxylic acids is 1. The molecule has 0 atom stereocenters. The van der Waals surface area contributed by atoms with Gasteiger partial charge in [0.15, 0.2) is 0 Å². The number of aryl methyl sites for hydroxylation is 1. The molecular formula is C12H12ClN3O2. The first kappa shape index (κ1) is 12.4. The molecule has 0 aliphatic rings. The van der Waals surface area contributed by atoms with Crippen LogP contribution in [0.4, 0.5) is 5.69 Å². The lowest BCUT2D eigenvalue weighted by Crippen LogP contribution is -2.07. The molecule has 0 unspecified atom stereocenters. The molecule has 18 heavy (non-hydrogen) atoms. The molecule has 0 spiro atoms. The molecule has 0 fully saturated rings. The number of hydrogen-bond acceptors (Lipinski definition) is 4. The molecule has 2 rings (SSSR count). The van der Waals surface area contributed by atoms with Crippen molar-refractivity contribution in [2.75, 3.05) is 12.8 Å². The van der Waals surface area contributed by atoms with Crippen LogP contribution in [-0.2, 0) is 4.74 Å². The highest BCUT2D eigenvalue weighted by atomic mass is 35.5. The number of ether oxygens (including phenoxy) is 1. The van der Waals surface area contributed by atoms with Crippen molar-refractivity contribution in [1.82, 2.24) is 9.78 Å². The van der Waals surface area contributed by atoms with Gasteiger partial charge in [-0.05, 0) is 25.1 Å². The summed E-state index contributed by atoms with van der Waals surface area (Å²) in [5, 5.41) is 4.79. The Balaban J connectivity index is 2.50. The highest BCUT2D eigenvalue weighted by molar-refractivity contribution is 6.31. The molecule has 1 aromatic heterocycles. The quantitative estimate of drug-likeness (QED) is 0.668. The van der Waals surface area contributed by atoms with Gasteiger partial charge in [0.1, 0.15) is 0 Å². The minimum absolute atomic E-state index is 0.305. The second-order valence-corrected chi connectivity index (χ2v) is 4.18. The number of nitrogen functional groups attached to an aromatic ring is 1. The summed E-state index contributed by atoms with van der Waals surface area (Å²) >= 11 is 5.94. The van der Waals surface area contributed by atoms with Gasteiger partial charge in [0.25, 0.3) is 0 Å². The summed E-state index contributed by atoms with van der Waals surface area (Å²) in [6, 6.07) is 5.00. The van der Waals surface area contributed by atoms with Crippen molar-refractivity contribution >= 4 is 23.3 Å². The number of carbonyl (C=O) groups is 1. The average molecular weight is 266 g/mol. The van der Waals surface area contributed by atoms with Crippen molar-refractivity contribution in [1.29, 1.82) is 0 Å². The summed E-state index contributed by atoms with van der Waals surface area (Å²) in [7, 11) is 1.31. The van der Waals surface area contributed by atoms with Crippen LogP contribution in [0.15, 0.2) is 24.4 Å². The highest BCUT2D eigenvalue weighted by Gasteiger charge is 2.12. The number of nitrogens with zero attached hydrogens (tertiary/aromatic N) is 2. The maximum Gasteiger partial charge on any atom is 0.340 e. The fourth-order valence-electron chi connectivity index (χ4n) is 1.54. The van der Waals surface area contributed by atoms with E-state index in [-0.39, 0.29) is 0 Å². The minimum Gasteiger partial charge on any atom is -0.465 e. The summed E-state index contributed by atoms with van der Waals surface area (Å²) in [6.07, 6.45) is 1.67. The number of hydrogen-bond donors (Lipinski definition) is 1. The molecule has 0 amide bonds. The third-order valence-electron chi connectivity index (χ3n) is 2.55. The Morgan fingerprint density at radius 2 is 2.22 bits per heavy atom. The third-order valence-corrected chi connectivity index (χ3v) is 2.92. The standard InChI is InChI=1S/C12H12ClN3O2/c1-7-10(13)6-16(15-7)8-3-4-11(14)9(5-8)12(17)18-2/h3-6H,14H2,1-2H3. The number of esters is 1. The number of nitrogens with two attached hydrogens (primary N) is 1. The van der Waals surface area contributed by atoms with Crippen molar-refractivity contribution in [3.63, 3.8) is 0 Å². The van der Waals surface area contributed by atoms with Gasteiger partial charge in [-0.2, -0.15) is 5.10 Å². The van der Waals surface area contributed by atoms with Gasteiger partial charge < -0.3 is 10.5 Å². The molecule has 5 nitrogen and oxygen atoms in total. The van der Waals surface area contributed by atoms with Crippen molar-refractivity contribution in [2.24, 2.45) is 0 Å². The lowest BCUT2D eigenvalue weighted by atomic mass is 10.1. The first-order chi connectivity index (χ1) is 8.52. The van der Waals surface area contributed by atoms with Crippen molar-refractivity contribution in [2.45, 2.75) is 6.92 Å². The smallest absolute Gasteiger partial charge is 0.340 e. The summed E-state index contributed by atoms with van der Waals surface area (Å²) in [6.45, 7) is 1.80. The fraction of sp³-hybridized carbons (Fsp3) is 0.167. The van der Waals surface area contributed by atoms with Crippen LogP contribution in [0.1, 0.15) is 16.1 Å². The van der Waals surface area contributed by atoms with Gasteiger partial charge in [0, 0.05) is 11.9 Å². The monoisotopic (exact) mass is 265 g/mol. The first-order valence-electron chi connectivity index (χ1n) is 5.23. The largest absolute Gasteiger partial charge is 0.465 e. The Labute approximate surface area is 109 Å². The van der Waals surface area contributed by atoms with E-state index in [0.29, 0.717) is 27.7 Å². The SMILES string of the molecule is COC(=O)c1cc(-n2cc(Cl)c(C)n2)ccc1N. The normalized spacial score (nSPS) is 10.4. The van der Waals surface area contributed by atoms with Gasteiger partial charge in [0.2, 0.25) is 0 Å². The lowest BCUT2D eigenvalue weighted by Gasteiger charge is -2.07. The molecule has 0 radical (unpaired) electrons. The van der Waals surface area contributed by atoms with E-state index >= 15 is 0 Å². The fourth-order valence-corrected chi connectivity index (χ4v) is 1.68. The van der Waals surface area contributed by atoms with Gasteiger partial charge in [-0.15, -0.1) is 0 Å². The first-order valence-corrected chi connectivity index (χ1v) is 5.60. The maximum absolute atomic E-state index is 11.5. The van der Waals surface area contributed by atoms with Crippen LogP contribution in [0.25, 0.3) is 5.69 Å². The zero-order chi connectivity index (χ0) is 13.3. The van der Waals surface area contributed by atoms with E-state index in [0.717, 1.165) is 0 Å². The van der Waals surface area contributed by atoms with E-state index in [1.807, 2.05) is 0 Å². The Morgan fingerprint density at radius 1 is 1.50 bits per heavy atom. The van der Waals surface area contributed by atoms with E-state index in [2.05, 4.69) is 9.84 Å². The van der Waals surface area contributed by atoms with Crippen LogP contribution < -0.4 is 5.73 Å². The zero-order valence-electron chi connectivity index (χ0n) is 9.98. The lowest BCUT2D eigenvalue weighted by molar-refractivity contribution is 0.0602. The van der Waals surface area contributed by atoms with Crippen molar-refractivity contribution in [3.8, 4) is 5.69 Å². The molecule has 1 aromatic carbocycles. The topological polar surface area (TPSA) is 70.1 Å². The number of aromatic nitrogens is 2. The molecule has 0 aliphatic heterocycles. The van der Waals surface area contributed by atoms with Gasteiger partial charge in [-0.25, -0.2) is 9.48 Å². The number of rotatable bonds is 2. The van der Waals surface area contributed by atoms with Crippen LogP contribution in [0.5, 0.6) is 0 Å². The molecule has 2 aromatic rings. The molecular weight excluding hydrogens is 254 g/mol. The molecule has 1 heterocycles. The highest BCUT2D eigenvalue weighted by Crippen LogP contribution is 2.20. The van der Waals surface area contributed by atoms with Crippen molar-refractivity contribution < 1.29 is 9.53 Å². The molecule has 0 saturated heterocycles. The number of halogens is 1. The Kier molecular flexibility index (Phi) is 3.25. The Hall–Kier alpha value is -2.01. The van der Waals surface area contributed by atoms with Crippen molar-refractivity contribution in [3.05, 3.63) is 40.7 Å². The molecule has 6 heteroatoms. The molecule has 2 N–H and O–H groups in total. The van der Waals surface area contributed by atoms with E-state index in [4.69, 9.17) is 17.3 Å². The number of benzene rings is 1. The van der Waals surface area contributed by atoms with Crippen LogP contribution in [-0.4, -0.2) is 22.9 Å². The summed E-state index contributed by atoms with van der Waals surface area (Å²) in [5.41, 5.74) is 7.80. The predicted octanol–water partition coefficient (Wildman–Crippen LogP) is 2.20. The molecule has 94 valence electrons. The minimum atomic E-state index is -0.482. The maximum atomic E-state index is 11.5. The number of methoxy groups -OCH3 is 1. The third kappa shape index (κ3) is 2.17. The van der Waals surface area contributed by atoms with Crippen LogP contribution in [0.2, 0.25) is 5.02 Å². The van der Waals surface area contributed by atoms with Crippen LogP contribution in [0.3, 0.4) is 0 Å². The van der Waals surface area contributed by atoms with Crippen LogP contribution >= 0.6 is 11.6 Å². The second-order valence-electron chi connectivity index (χ2n) is 3.77. The molecule has 0 aliphatic carbocycles. The molecule has 0 saturated carbocycles. The van der Waals surface area contributed by atoms with E-state index in [1.165, 1.54) is 7.11 Å². The predicted molar refractivity (Wildman–Crippen MR) is 69.1 cm³/mol.